The molecule has 0 saturated heterocycles. The first-order valence-corrected chi connectivity index (χ1v) is 7.23. The molecule has 0 saturated carbocycles. The van der Waals surface area contributed by atoms with Crippen LogP contribution < -0.4 is 14.8 Å². The van der Waals surface area contributed by atoms with Crippen LogP contribution in [0, 0.1) is 5.82 Å². The number of aromatic hydroxyl groups is 1. The molecule has 0 radical (unpaired) electrons. The van der Waals surface area contributed by atoms with Gasteiger partial charge < -0.3 is 19.9 Å². The number of benzene rings is 2. The summed E-state index contributed by atoms with van der Waals surface area (Å²) in [6.07, 6.45) is 1.34. The molecule has 0 atom stereocenters. The molecule has 1 heterocycles. The average Bonchev–Trinajstić information content (AvgIpc) is 2.61. The minimum absolute atomic E-state index is 0.0765. The van der Waals surface area contributed by atoms with Crippen molar-refractivity contribution in [2.75, 3.05) is 19.5 Å². The number of methoxy groups -OCH3 is 2. The molecule has 0 bridgehead atoms. The highest BCUT2D eigenvalue weighted by atomic mass is 35.5. The van der Waals surface area contributed by atoms with Crippen LogP contribution in [0.2, 0.25) is 5.02 Å². The summed E-state index contributed by atoms with van der Waals surface area (Å²) in [5.41, 5.74) is 0.669. The molecule has 2 aromatic carbocycles. The van der Waals surface area contributed by atoms with E-state index in [2.05, 4.69) is 15.3 Å². The number of hydrogen-bond acceptors (Lipinski definition) is 6. The maximum Gasteiger partial charge on any atom is 0.169 e. The molecule has 0 aliphatic rings. The molecule has 2 N–H and O–H groups in total. The summed E-state index contributed by atoms with van der Waals surface area (Å²) in [4.78, 5) is 8.31. The Morgan fingerprint density at radius 3 is 2.54 bits per heavy atom. The van der Waals surface area contributed by atoms with Gasteiger partial charge >= 0.3 is 0 Å². The molecule has 0 spiro atoms. The number of phenols is 1. The summed E-state index contributed by atoms with van der Waals surface area (Å²) in [5.74, 6) is 0.268. The maximum atomic E-state index is 14.2. The predicted molar refractivity (Wildman–Crippen MR) is 89.0 cm³/mol. The van der Waals surface area contributed by atoms with Gasteiger partial charge in [-0.05, 0) is 18.2 Å². The zero-order valence-electron chi connectivity index (χ0n) is 12.8. The van der Waals surface area contributed by atoms with Crippen LogP contribution >= 0.6 is 11.6 Å². The Balaban J connectivity index is 2.12. The minimum atomic E-state index is -0.774. The quantitative estimate of drug-likeness (QED) is 0.696. The molecule has 3 rings (SSSR count). The van der Waals surface area contributed by atoms with E-state index < -0.39 is 5.82 Å². The zero-order chi connectivity index (χ0) is 17.3. The average molecular weight is 350 g/mol. The van der Waals surface area contributed by atoms with Gasteiger partial charge in [0.1, 0.15) is 22.9 Å². The van der Waals surface area contributed by atoms with E-state index in [0.29, 0.717) is 28.2 Å². The van der Waals surface area contributed by atoms with E-state index in [0.717, 1.165) is 0 Å². The number of hydrogen-bond donors (Lipinski definition) is 2. The summed E-state index contributed by atoms with van der Waals surface area (Å²) in [6.45, 7) is 0. The Morgan fingerprint density at radius 1 is 1.12 bits per heavy atom. The second kappa shape index (κ2) is 6.37. The molecule has 1 aromatic heterocycles. The van der Waals surface area contributed by atoms with E-state index in [1.54, 1.807) is 12.1 Å². The zero-order valence-corrected chi connectivity index (χ0v) is 13.6. The van der Waals surface area contributed by atoms with Crippen molar-refractivity contribution in [1.29, 1.82) is 0 Å². The summed E-state index contributed by atoms with van der Waals surface area (Å²) in [5, 5.41) is 12.5. The molecule has 8 heteroatoms. The van der Waals surface area contributed by atoms with Gasteiger partial charge in [0.05, 0.1) is 25.4 Å². The summed E-state index contributed by atoms with van der Waals surface area (Å²) < 4.78 is 24.7. The lowest BCUT2D eigenvalue weighted by molar-refractivity contribution is 0.356. The van der Waals surface area contributed by atoms with Crippen LogP contribution in [-0.2, 0) is 0 Å². The minimum Gasteiger partial charge on any atom is -0.506 e. The highest BCUT2D eigenvalue weighted by molar-refractivity contribution is 6.32. The smallest absolute Gasteiger partial charge is 0.169 e. The highest BCUT2D eigenvalue weighted by Crippen LogP contribution is 2.36. The molecular formula is C16H13ClFN3O3. The van der Waals surface area contributed by atoms with Gasteiger partial charge in [0.15, 0.2) is 17.3 Å². The molecule has 24 heavy (non-hydrogen) atoms. The number of anilines is 2. The molecular weight excluding hydrogens is 337 g/mol. The van der Waals surface area contributed by atoms with Gasteiger partial charge in [0.25, 0.3) is 0 Å². The van der Waals surface area contributed by atoms with Crippen molar-refractivity contribution in [3.05, 3.63) is 41.4 Å². The fraction of sp³-hybridized carbons (Fsp3) is 0.125. The van der Waals surface area contributed by atoms with Crippen LogP contribution in [-0.4, -0.2) is 29.3 Å². The lowest BCUT2D eigenvalue weighted by atomic mass is 10.2. The van der Waals surface area contributed by atoms with Gasteiger partial charge in [0.2, 0.25) is 0 Å². The monoisotopic (exact) mass is 349 g/mol. The van der Waals surface area contributed by atoms with E-state index >= 15 is 0 Å². The fourth-order valence-corrected chi connectivity index (χ4v) is 2.41. The Bertz CT molecular complexity index is 921. The molecule has 0 aliphatic carbocycles. The number of ether oxygens (including phenoxy) is 2. The first-order chi connectivity index (χ1) is 11.5. The van der Waals surface area contributed by atoms with Crippen molar-refractivity contribution in [3.63, 3.8) is 0 Å². The predicted octanol–water partition coefficient (Wildman–Crippen LogP) is 3.89. The Kier molecular flexibility index (Phi) is 4.26. The second-order valence-corrected chi connectivity index (χ2v) is 5.21. The van der Waals surface area contributed by atoms with Crippen molar-refractivity contribution >= 4 is 34.0 Å². The molecule has 0 unspecified atom stereocenters. The van der Waals surface area contributed by atoms with Gasteiger partial charge in [0, 0.05) is 11.5 Å². The second-order valence-electron chi connectivity index (χ2n) is 4.83. The van der Waals surface area contributed by atoms with Gasteiger partial charge in [-0.1, -0.05) is 11.6 Å². The Morgan fingerprint density at radius 2 is 1.83 bits per heavy atom. The first-order valence-electron chi connectivity index (χ1n) is 6.86. The molecule has 0 amide bonds. The largest absolute Gasteiger partial charge is 0.506 e. The number of rotatable bonds is 4. The standard InChI is InChI=1S/C16H13ClFN3O3/c1-23-12-5-8-10(6-13(12)24-2)19-7-20-16(8)21-9-3-4-11(22)14(17)15(9)18/h3-7,22H,1-2H3,(H,19,20,21). The SMILES string of the molecule is COc1cc2ncnc(Nc3ccc(O)c(Cl)c3F)c2cc1OC. The molecule has 3 aromatic rings. The van der Waals surface area contributed by atoms with E-state index in [1.165, 1.54) is 32.7 Å². The fourth-order valence-electron chi connectivity index (χ4n) is 2.25. The molecule has 124 valence electrons. The normalized spacial score (nSPS) is 10.7. The van der Waals surface area contributed by atoms with Crippen molar-refractivity contribution in [1.82, 2.24) is 9.97 Å². The van der Waals surface area contributed by atoms with Crippen LogP contribution in [0.3, 0.4) is 0 Å². The topological polar surface area (TPSA) is 76.5 Å². The molecule has 0 fully saturated rings. The first kappa shape index (κ1) is 16.1. The number of fused-ring (bicyclic) bond motifs is 1. The van der Waals surface area contributed by atoms with E-state index in [4.69, 9.17) is 21.1 Å². The third-order valence-electron chi connectivity index (χ3n) is 3.46. The van der Waals surface area contributed by atoms with Crippen molar-refractivity contribution < 1.29 is 19.0 Å². The van der Waals surface area contributed by atoms with Crippen LogP contribution in [0.25, 0.3) is 10.9 Å². The number of halogens is 2. The lowest BCUT2D eigenvalue weighted by Gasteiger charge is -2.13. The summed E-state index contributed by atoms with van der Waals surface area (Å²) in [6, 6.07) is 6.05. The summed E-state index contributed by atoms with van der Waals surface area (Å²) >= 11 is 5.72. The maximum absolute atomic E-state index is 14.2. The van der Waals surface area contributed by atoms with Crippen LogP contribution in [0.4, 0.5) is 15.9 Å². The van der Waals surface area contributed by atoms with Gasteiger partial charge in [-0.15, -0.1) is 0 Å². The Hall–Kier alpha value is -2.80. The van der Waals surface area contributed by atoms with Gasteiger partial charge in [-0.25, -0.2) is 14.4 Å². The number of aromatic nitrogens is 2. The summed E-state index contributed by atoms with van der Waals surface area (Å²) in [7, 11) is 3.04. The highest BCUT2D eigenvalue weighted by Gasteiger charge is 2.15. The third kappa shape index (κ3) is 2.74. The van der Waals surface area contributed by atoms with E-state index in [-0.39, 0.29) is 16.5 Å². The molecule has 0 aliphatic heterocycles. The number of phenolic OH excluding ortho intramolecular Hbond substituents is 1. The van der Waals surface area contributed by atoms with Gasteiger partial charge in [-0.2, -0.15) is 0 Å². The lowest BCUT2D eigenvalue weighted by Crippen LogP contribution is -2.00. The number of nitrogens with zero attached hydrogens (tertiary/aromatic N) is 2. The van der Waals surface area contributed by atoms with Gasteiger partial charge in [-0.3, -0.25) is 0 Å². The van der Waals surface area contributed by atoms with E-state index in [1.807, 2.05) is 0 Å². The van der Waals surface area contributed by atoms with Crippen molar-refractivity contribution in [2.24, 2.45) is 0 Å². The van der Waals surface area contributed by atoms with Crippen LogP contribution in [0.1, 0.15) is 0 Å². The third-order valence-corrected chi connectivity index (χ3v) is 3.82. The Labute approximate surface area is 141 Å². The van der Waals surface area contributed by atoms with E-state index in [9.17, 15) is 9.50 Å². The number of nitrogens with one attached hydrogen (secondary N) is 1. The van der Waals surface area contributed by atoms with Crippen molar-refractivity contribution in [3.8, 4) is 17.2 Å². The van der Waals surface area contributed by atoms with Crippen molar-refractivity contribution in [2.45, 2.75) is 0 Å². The molecule has 6 nitrogen and oxygen atoms in total. The van der Waals surface area contributed by atoms with Crippen LogP contribution in [0.5, 0.6) is 17.2 Å². The van der Waals surface area contributed by atoms with Crippen LogP contribution in [0.15, 0.2) is 30.6 Å².